The predicted octanol–water partition coefficient (Wildman–Crippen LogP) is 3.59. The molecule has 1 aromatic carbocycles. The number of amides is 1. The average Bonchev–Trinajstić information content (AvgIpc) is 2.60. The number of hydrogen-bond acceptors (Lipinski definition) is 4. The number of carbonyl (C=O) groups excluding carboxylic acids is 1. The van der Waals surface area contributed by atoms with Crippen LogP contribution in [-0.4, -0.2) is 29.0 Å². The smallest absolute Gasteiger partial charge is 0.277 e. The van der Waals surface area contributed by atoms with E-state index in [0.29, 0.717) is 11.5 Å². The fourth-order valence-corrected chi connectivity index (χ4v) is 3.04. The van der Waals surface area contributed by atoms with Crippen LogP contribution in [0.3, 0.4) is 0 Å². The number of nitrogens with zero attached hydrogens (tertiary/aromatic N) is 3. The Bertz CT molecular complexity index is 729. The number of para-hydroxylation sites is 1. The molecule has 126 valence electrons. The minimum atomic E-state index is -0.0498. The Morgan fingerprint density at radius 1 is 1.29 bits per heavy atom. The topological polar surface area (TPSA) is 58.1 Å². The molecule has 1 aromatic heterocycles. The predicted molar refractivity (Wildman–Crippen MR) is 96.6 cm³/mol. The third-order valence-corrected chi connectivity index (χ3v) is 4.25. The summed E-state index contributed by atoms with van der Waals surface area (Å²) in [5.41, 5.74) is 2.69. The lowest BCUT2D eigenvalue weighted by Crippen LogP contribution is -2.36. The van der Waals surface area contributed by atoms with Crippen molar-refractivity contribution in [2.45, 2.75) is 39.5 Å². The Balaban J connectivity index is 1.85. The minimum absolute atomic E-state index is 0.0498. The molecule has 5 heteroatoms. The Morgan fingerprint density at radius 3 is 2.96 bits per heavy atom. The molecule has 1 aliphatic heterocycles. The number of nitrogens with one attached hydrogen (secondary N) is 1. The van der Waals surface area contributed by atoms with E-state index < -0.39 is 0 Å². The highest BCUT2D eigenvalue weighted by molar-refractivity contribution is 6.05. The standard InChI is InChI=1S/C19H24N4O/c1-3-4-11-20-18-13-16(21-14(2)22-18)19(24)23-12-7-9-15-8-5-6-10-17(15)23/h5-6,8,10,13H,3-4,7,9,11-12H2,1-2H3,(H,20,21,22). The quantitative estimate of drug-likeness (QED) is 0.854. The molecule has 0 atom stereocenters. The van der Waals surface area contributed by atoms with Crippen LogP contribution in [0.25, 0.3) is 0 Å². The molecule has 5 nitrogen and oxygen atoms in total. The Kier molecular flexibility index (Phi) is 5.08. The third-order valence-electron chi connectivity index (χ3n) is 4.25. The monoisotopic (exact) mass is 324 g/mol. The molecular weight excluding hydrogens is 300 g/mol. The molecule has 0 radical (unpaired) electrons. The lowest BCUT2D eigenvalue weighted by Gasteiger charge is -2.29. The summed E-state index contributed by atoms with van der Waals surface area (Å²) in [6, 6.07) is 9.88. The molecule has 0 fully saturated rings. The normalized spacial score (nSPS) is 13.5. The van der Waals surface area contributed by atoms with Gasteiger partial charge in [-0.05, 0) is 37.8 Å². The van der Waals surface area contributed by atoms with E-state index in [4.69, 9.17) is 0 Å². The number of unbranched alkanes of at least 4 members (excludes halogenated alkanes) is 1. The van der Waals surface area contributed by atoms with Gasteiger partial charge in [0, 0.05) is 24.8 Å². The molecule has 0 saturated heterocycles. The van der Waals surface area contributed by atoms with Crippen molar-refractivity contribution < 1.29 is 4.79 Å². The van der Waals surface area contributed by atoms with Crippen molar-refractivity contribution in [2.24, 2.45) is 0 Å². The fourth-order valence-electron chi connectivity index (χ4n) is 3.04. The van der Waals surface area contributed by atoms with E-state index in [0.717, 1.165) is 50.3 Å². The molecule has 0 bridgehead atoms. The maximum atomic E-state index is 13.0. The van der Waals surface area contributed by atoms with Crippen molar-refractivity contribution in [3.8, 4) is 0 Å². The Labute approximate surface area is 143 Å². The largest absolute Gasteiger partial charge is 0.370 e. The highest BCUT2D eigenvalue weighted by atomic mass is 16.2. The van der Waals surface area contributed by atoms with Gasteiger partial charge in [0.15, 0.2) is 0 Å². The van der Waals surface area contributed by atoms with Crippen molar-refractivity contribution in [3.63, 3.8) is 0 Å². The molecule has 0 aliphatic carbocycles. The van der Waals surface area contributed by atoms with E-state index in [2.05, 4.69) is 28.3 Å². The fraction of sp³-hybridized carbons (Fsp3) is 0.421. The molecule has 0 spiro atoms. The van der Waals surface area contributed by atoms with Gasteiger partial charge in [0.1, 0.15) is 17.3 Å². The van der Waals surface area contributed by atoms with Gasteiger partial charge >= 0.3 is 0 Å². The van der Waals surface area contributed by atoms with Crippen LogP contribution in [0.1, 0.15) is 48.1 Å². The van der Waals surface area contributed by atoms with Crippen LogP contribution in [0, 0.1) is 6.92 Å². The molecule has 0 saturated carbocycles. The lowest BCUT2D eigenvalue weighted by atomic mass is 10.0. The van der Waals surface area contributed by atoms with Gasteiger partial charge in [0.25, 0.3) is 5.91 Å². The first kappa shape index (κ1) is 16.4. The van der Waals surface area contributed by atoms with Gasteiger partial charge in [0.2, 0.25) is 0 Å². The number of aromatic nitrogens is 2. The van der Waals surface area contributed by atoms with E-state index in [1.807, 2.05) is 30.0 Å². The first-order valence-electron chi connectivity index (χ1n) is 8.68. The third kappa shape index (κ3) is 3.55. The maximum absolute atomic E-state index is 13.0. The summed E-state index contributed by atoms with van der Waals surface area (Å²) >= 11 is 0. The van der Waals surface area contributed by atoms with Crippen molar-refractivity contribution >= 4 is 17.4 Å². The minimum Gasteiger partial charge on any atom is -0.370 e. The van der Waals surface area contributed by atoms with Gasteiger partial charge in [-0.15, -0.1) is 0 Å². The van der Waals surface area contributed by atoms with E-state index in [1.54, 1.807) is 6.07 Å². The Morgan fingerprint density at radius 2 is 2.12 bits per heavy atom. The molecule has 2 heterocycles. The van der Waals surface area contributed by atoms with Gasteiger partial charge in [-0.25, -0.2) is 9.97 Å². The molecule has 3 rings (SSSR count). The van der Waals surface area contributed by atoms with Crippen LogP contribution in [0.4, 0.5) is 11.5 Å². The summed E-state index contributed by atoms with van der Waals surface area (Å²) in [6.45, 7) is 5.56. The number of rotatable bonds is 5. The number of hydrogen-bond donors (Lipinski definition) is 1. The van der Waals surface area contributed by atoms with Gasteiger partial charge < -0.3 is 10.2 Å². The second kappa shape index (κ2) is 7.43. The van der Waals surface area contributed by atoms with Crippen LogP contribution in [0.2, 0.25) is 0 Å². The molecular formula is C19H24N4O. The summed E-state index contributed by atoms with van der Waals surface area (Å²) in [4.78, 5) is 23.6. The summed E-state index contributed by atoms with van der Waals surface area (Å²) in [7, 11) is 0. The maximum Gasteiger partial charge on any atom is 0.277 e. The van der Waals surface area contributed by atoms with Gasteiger partial charge in [-0.3, -0.25) is 4.79 Å². The SMILES string of the molecule is CCCCNc1cc(C(=O)N2CCCc3ccccc32)nc(C)n1. The molecule has 24 heavy (non-hydrogen) atoms. The highest BCUT2D eigenvalue weighted by Gasteiger charge is 2.24. The number of fused-ring (bicyclic) bond motifs is 1. The zero-order valence-corrected chi connectivity index (χ0v) is 14.4. The number of carbonyl (C=O) groups is 1. The van der Waals surface area contributed by atoms with Gasteiger partial charge in [0.05, 0.1) is 0 Å². The molecule has 0 unspecified atom stereocenters. The van der Waals surface area contributed by atoms with Gasteiger partial charge in [-0.1, -0.05) is 31.5 Å². The zero-order chi connectivity index (χ0) is 16.9. The van der Waals surface area contributed by atoms with E-state index in [9.17, 15) is 4.79 Å². The lowest BCUT2D eigenvalue weighted by molar-refractivity contribution is 0.0980. The molecule has 2 aromatic rings. The summed E-state index contributed by atoms with van der Waals surface area (Å²) in [5.74, 6) is 1.29. The average molecular weight is 324 g/mol. The van der Waals surface area contributed by atoms with Gasteiger partial charge in [-0.2, -0.15) is 0 Å². The first-order valence-corrected chi connectivity index (χ1v) is 8.68. The van der Waals surface area contributed by atoms with Crippen LogP contribution < -0.4 is 10.2 Å². The van der Waals surface area contributed by atoms with Crippen LogP contribution in [0.5, 0.6) is 0 Å². The van der Waals surface area contributed by atoms with Crippen LogP contribution >= 0.6 is 0 Å². The van der Waals surface area contributed by atoms with E-state index in [1.165, 1.54) is 5.56 Å². The summed E-state index contributed by atoms with van der Waals surface area (Å²) < 4.78 is 0. The van der Waals surface area contributed by atoms with Crippen molar-refractivity contribution in [2.75, 3.05) is 23.3 Å². The number of aryl methyl sites for hydroxylation is 2. The van der Waals surface area contributed by atoms with Crippen LogP contribution in [0.15, 0.2) is 30.3 Å². The second-order valence-corrected chi connectivity index (χ2v) is 6.16. The van der Waals surface area contributed by atoms with Crippen molar-refractivity contribution in [3.05, 3.63) is 47.4 Å². The first-order chi connectivity index (χ1) is 11.7. The number of anilines is 2. The molecule has 1 N–H and O–H groups in total. The van der Waals surface area contributed by atoms with E-state index >= 15 is 0 Å². The molecule has 1 aliphatic rings. The van der Waals surface area contributed by atoms with Crippen molar-refractivity contribution in [1.82, 2.24) is 9.97 Å². The highest BCUT2D eigenvalue weighted by Crippen LogP contribution is 2.28. The second-order valence-electron chi connectivity index (χ2n) is 6.16. The zero-order valence-electron chi connectivity index (χ0n) is 14.4. The van der Waals surface area contributed by atoms with Crippen LogP contribution in [-0.2, 0) is 6.42 Å². The number of benzene rings is 1. The summed E-state index contributed by atoms with van der Waals surface area (Å²) in [5, 5.41) is 3.28. The molecule has 1 amide bonds. The van der Waals surface area contributed by atoms with Crippen molar-refractivity contribution in [1.29, 1.82) is 0 Å². The summed E-state index contributed by atoms with van der Waals surface area (Å²) in [6.07, 6.45) is 4.19. The van der Waals surface area contributed by atoms with E-state index in [-0.39, 0.29) is 5.91 Å². The Hall–Kier alpha value is -2.43.